The van der Waals surface area contributed by atoms with Crippen LogP contribution < -0.4 is 15.1 Å². The maximum absolute atomic E-state index is 13.5. The van der Waals surface area contributed by atoms with Gasteiger partial charge in [0.05, 0.1) is 16.3 Å². The SMILES string of the molecule is O=C(CN1C(=O)C2CCCCN2c2ccc(S(=O)(=O)N3CCCC3)cc21)NC1CCCC1. The number of benzene rings is 1. The number of nitrogens with zero attached hydrogens (tertiary/aromatic N) is 3. The second-order valence-electron chi connectivity index (χ2n) is 9.44. The smallest absolute Gasteiger partial charge is 0.250 e. The number of amides is 2. The van der Waals surface area contributed by atoms with Crippen LogP contribution in [0.5, 0.6) is 0 Å². The maximum atomic E-state index is 13.5. The second kappa shape index (κ2) is 8.67. The normalized spacial score (nSPS) is 24.5. The van der Waals surface area contributed by atoms with Crippen LogP contribution >= 0.6 is 0 Å². The van der Waals surface area contributed by atoms with E-state index in [-0.39, 0.29) is 35.3 Å². The molecule has 2 saturated heterocycles. The van der Waals surface area contributed by atoms with Gasteiger partial charge in [-0.3, -0.25) is 14.5 Å². The van der Waals surface area contributed by atoms with Gasteiger partial charge < -0.3 is 10.2 Å². The number of nitrogens with one attached hydrogen (secondary N) is 1. The van der Waals surface area contributed by atoms with Crippen LogP contribution in [0.2, 0.25) is 0 Å². The molecule has 0 aromatic heterocycles. The van der Waals surface area contributed by atoms with Crippen molar-refractivity contribution in [2.45, 2.75) is 74.8 Å². The molecule has 5 rings (SSSR count). The lowest BCUT2D eigenvalue weighted by Gasteiger charge is -2.45. The Hall–Kier alpha value is -2.13. The predicted molar refractivity (Wildman–Crippen MR) is 122 cm³/mol. The average Bonchev–Trinajstić information content (AvgIpc) is 3.51. The first-order valence-electron chi connectivity index (χ1n) is 12.0. The van der Waals surface area contributed by atoms with Crippen LogP contribution in [0.25, 0.3) is 0 Å². The number of anilines is 2. The highest BCUT2D eigenvalue weighted by Crippen LogP contribution is 2.41. The summed E-state index contributed by atoms with van der Waals surface area (Å²) in [6, 6.07) is 4.98. The fourth-order valence-electron chi connectivity index (χ4n) is 5.63. The minimum atomic E-state index is -3.61. The first kappa shape index (κ1) is 21.7. The number of hydrogen-bond donors (Lipinski definition) is 1. The molecular formula is C23H32N4O4S. The second-order valence-corrected chi connectivity index (χ2v) is 11.4. The monoisotopic (exact) mass is 460 g/mol. The quantitative estimate of drug-likeness (QED) is 0.728. The van der Waals surface area contributed by atoms with Crippen molar-refractivity contribution in [1.82, 2.24) is 9.62 Å². The molecule has 32 heavy (non-hydrogen) atoms. The summed E-state index contributed by atoms with van der Waals surface area (Å²) < 4.78 is 27.9. The minimum absolute atomic E-state index is 0.0696. The molecule has 0 radical (unpaired) electrons. The lowest BCUT2D eigenvalue weighted by molar-refractivity contribution is -0.125. The van der Waals surface area contributed by atoms with Gasteiger partial charge in [-0.15, -0.1) is 0 Å². The molecule has 1 aliphatic carbocycles. The van der Waals surface area contributed by atoms with Crippen LogP contribution in [0, 0.1) is 0 Å². The molecule has 3 aliphatic heterocycles. The standard InChI is InChI=1S/C23H32N4O4S/c28-22(24-17-7-1-2-8-17)16-27-21-15-18(32(30,31)25-12-5-6-13-25)10-11-19(21)26-14-4-3-9-20(26)23(27)29/h10-11,15,17,20H,1-9,12-14,16H2,(H,24,28). The zero-order valence-electron chi connectivity index (χ0n) is 18.5. The summed E-state index contributed by atoms with van der Waals surface area (Å²) >= 11 is 0. The first-order valence-corrected chi connectivity index (χ1v) is 13.4. The van der Waals surface area contributed by atoms with E-state index in [1.54, 1.807) is 12.1 Å². The van der Waals surface area contributed by atoms with E-state index in [9.17, 15) is 18.0 Å². The van der Waals surface area contributed by atoms with E-state index < -0.39 is 10.0 Å². The highest BCUT2D eigenvalue weighted by molar-refractivity contribution is 7.89. The number of carbonyl (C=O) groups is 2. The Morgan fingerprint density at radius 3 is 2.38 bits per heavy atom. The number of piperidine rings is 1. The highest BCUT2D eigenvalue weighted by atomic mass is 32.2. The Balaban J connectivity index is 1.48. The molecule has 1 atom stereocenters. The molecule has 9 heteroatoms. The van der Waals surface area contributed by atoms with Crippen molar-refractivity contribution in [2.75, 3.05) is 36.0 Å². The Labute approximate surface area is 190 Å². The third-order valence-electron chi connectivity index (χ3n) is 7.33. The molecule has 3 fully saturated rings. The molecule has 8 nitrogen and oxygen atoms in total. The Morgan fingerprint density at radius 2 is 1.62 bits per heavy atom. The van der Waals surface area contributed by atoms with Gasteiger partial charge in [0.2, 0.25) is 21.8 Å². The molecule has 2 amide bonds. The van der Waals surface area contributed by atoms with Crippen LogP contribution in [-0.4, -0.2) is 62.8 Å². The molecule has 1 N–H and O–H groups in total. The topological polar surface area (TPSA) is 90.0 Å². The van der Waals surface area contributed by atoms with Crippen LogP contribution in [0.1, 0.15) is 57.8 Å². The molecule has 1 aromatic carbocycles. The fraction of sp³-hybridized carbons (Fsp3) is 0.652. The van der Waals surface area contributed by atoms with Gasteiger partial charge in [0.25, 0.3) is 0 Å². The van der Waals surface area contributed by atoms with Gasteiger partial charge in [0, 0.05) is 25.7 Å². The minimum Gasteiger partial charge on any atom is -0.358 e. The largest absolute Gasteiger partial charge is 0.358 e. The molecule has 1 unspecified atom stereocenters. The fourth-order valence-corrected chi connectivity index (χ4v) is 7.16. The van der Waals surface area contributed by atoms with E-state index in [4.69, 9.17) is 0 Å². The summed E-state index contributed by atoms with van der Waals surface area (Å²) in [5.41, 5.74) is 1.39. The Kier molecular flexibility index (Phi) is 5.88. The van der Waals surface area contributed by atoms with Crippen LogP contribution in [0.15, 0.2) is 23.1 Å². The number of rotatable bonds is 5. The lowest BCUT2D eigenvalue weighted by Crippen LogP contribution is -2.57. The maximum Gasteiger partial charge on any atom is 0.250 e. The Morgan fingerprint density at radius 1 is 0.938 bits per heavy atom. The number of hydrogen-bond acceptors (Lipinski definition) is 5. The van der Waals surface area contributed by atoms with Gasteiger partial charge in [-0.25, -0.2) is 8.42 Å². The molecule has 1 saturated carbocycles. The van der Waals surface area contributed by atoms with E-state index >= 15 is 0 Å². The highest BCUT2D eigenvalue weighted by Gasteiger charge is 2.41. The molecule has 4 aliphatic rings. The predicted octanol–water partition coefficient (Wildman–Crippen LogP) is 2.24. The van der Waals surface area contributed by atoms with Gasteiger partial charge in [-0.1, -0.05) is 12.8 Å². The molecule has 174 valence electrons. The molecule has 1 aromatic rings. The van der Waals surface area contributed by atoms with Crippen molar-refractivity contribution in [3.8, 4) is 0 Å². The summed E-state index contributed by atoms with van der Waals surface area (Å²) in [4.78, 5) is 30.1. The van der Waals surface area contributed by atoms with Gasteiger partial charge in [-0.05, 0) is 63.1 Å². The van der Waals surface area contributed by atoms with E-state index in [0.717, 1.165) is 70.0 Å². The Bertz CT molecular complexity index is 999. The van der Waals surface area contributed by atoms with Gasteiger partial charge in [0.15, 0.2) is 0 Å². The van der Waals surface area contributed by atoms with Crippen molar-refractivity contribution >= 4 is 33.2 Å². The van der Waals surface area contributed by atoms with Crippen molar-refractivity contribution in [3.05, 3.63) is 18.2 Å². The number of sulfonamides is 1. The van der Waals surface area contributed by atoms with E-state index in [1.165, 1.54) is 9.21 Å². The summed E-state index contributed by atoms with van der Waals surface area (Å²) in [5, 5.41) is 3.07. The summed E-state index contributed by atoms with van der Waals surface area (Å²) in [5.74, 6) is -0.275. The molecule has 0 bridgehead atoms. The summed E-state index contributed by atoms with van der Waals surface area (Å²) in [6.07, 6.45) is 8.65. The van der Waals surface area contributed by atoms with Crippen LogP contribution in [0.3, 0.4) is 0 Å². The first-order chi connectivity index (χ1) is 15.4. The van der Waals surface area contributed by atoms with Crippen LogP contribution in [0.4, 0.5) is 11.4 Å². The van der Waals surface area contributed by atoms with Crippen LogP contribution in [-0.2, 0) is 19.6 Å². The number of carbonyl (C=O) groups excluding carboxylic acids is 2. The van der Waals surface area contributed by atoms with Gasteiger partial charge in [-0.2, -0.15) is 4.31 Å². The third-order valence-corrected chi connectivity index (χ3v) is 9.22. The summed E-state index contributed by atoms with van der Waals surface area (Å²) in [7, 11) is -3.61. The number of fused-ring (bicyclic) bond motifs is 3. The summed E-state index contributed by atoms with van der Waals surface area (Å²) in [6.45, 7) is 1.75. The average molecular weight is 461 g/mol. The van der Waals surface area contributed by atoms with Gasteiger partial charge in [0.1, 0.15) is 12.6 Å². The zero-order chi connectivity index (χ0) is 22.3. The van der Waals surface area contributed by atoms with E-state index in [2.05, 4.69) is 10.2 Å². The van der Waals surface area contributed by atoms with Crippen molar-refractivity contribution in [3.63, 3.8) is 0 Å². The van der Waals surface area contributed by atoms with E-state index in [1.807, 2.05) is 6.07 Å². The van der Waals surface area contributed by atoms with E-state index in [0.29, 0.717) is 18.8 Å². The molecule has 3 heterocycles. The van der Waals surface area contributed by atoms with Crippen molar-refractivity contribution in [2.24, 2.45) is 0 Å². The van der Waals surface area contributed by atoms with Crippen molar-refractivity contribution < 1.29 is 18.0 Å². The zero-order valence-corrected chi connectivity index (χ0v) is 19.3. The third kappa shape index (κ3) is 3.90. The lowest BCUT2D eigenvalue weighted by atomic mass is 9.96. The van der Waals surface area contributed by atoms with Gasteiger partial charge >= 0.3 is 0 Å². The molecule has 0 spiro atoms. The molecular weight excluding hydrogens is 428 g/mol. The van der Waals surface area contributed by atoms with Crippen molar-refractivity contribution in [1.29, 1.82) is 0 Å².